The molecule has 3 nitrogen and oxygen atoms in total. The van der Waals surface area contributed by atoms with E-state index in [4.69, 9.17) is 11.6 Å². The van der Waals surface area contributed by atoms with Crippen LogP contribution in [0, 0.1) is 0 Å². The van der Waals surface area contributed by atoms with Crippen LogP contribution in [-0.4, -0.2) is 12.6 Å². The summed E-state index contributed by atoms with van der Waals surface area (Å²) < 4.78 is 0.879. The molecule has 0 heterocycles. The van der Waals surface area contributed by atoms with Crippen LogP contribution in [0.2, 0.25) is 5.02 Å². The molecule has 0 atom stereocenters. The number of hydrogen-bond donors (Lipinski definition) is 2. The molecule has 2 amide bonds. The monoisotopic (exact) mass is 276 g/mol. The highest BCUT2D eigenvalue weighted by Gasteiger charge is 2.04. The highest BCUT2D eigenvalue weighted by Crippen LogP contribution is 2.25. The van der Waals surface area contributed by atoms with Gasteiger partial charge in [-0.05, 0) is 25.1 Å². The van der Waals surface area contributed by atoms with Crippen molar-refractivity contribution in [3.63, 3.8) is 0 Å². The Labute approximate surface area is 96.0 Å². The van der Waals surface area contributed by atoms with Gasteiger partial charge in [0.05, 0.1) is 10.7 Å². The molecule has 0 aliphatic heterocycles. The summed E-state index contributed by atoms with van der Waals surface area (Å²) in [5.74, 6) is 0. The SMILES string of the molecule is CCNC(=O)Nc1ccc(Br)cc1Cl. The van der Waals surface area contributed by atoms with Crippen LogP contribution < -0.4 is 10.6 Å². The van der Waals surface area contributed by atoms with Crippen molar-refractivity contribution >= 4 is 39.2 Å². The summed E-state index contributed by atoms with van der Waals surface area (Å²) in [6, 6.07) is 5.02. The first-order valence-electron chi connectivity index (χ1n) is 4.13. The second-order valence-electron chi connectivity index (χ2n) is 2.61. The molecule has 0 bridgehead atoms. The van der Waals surface area contributed by atoms with Crippen LogP contribution in [-0.2, 0) is 0 Å². The number of carbonyl (C=O) groups is 1. The lowest BCUT2D eigenvalue weighted by molar-refractivity contribution is 0.252. The molecule has 0 unspecified atom stereocenters. The van der Waals surface area contributed by atoms with E-state index in [2.05, 4.69) is 26.6 Å². The standard InChI is InChI=1S/C9H10BrClN2O/c1-2-12-9(14)13-8-4-3-6(10)5-7(8)11/h3-5H,2H2,1H3,(H2,12,13,14). The number of amides is 2. The molecule has 0 aliphatic carbocycles. The van der Waals surface area contributed by atoms with E-state index in [1.165, 1.54) is 0 Å². The minimum absolute atomic E-state index is 0.253. The van der Waals surface area contributed by atoms with Crippen molar-refractivity contribution in [2.24, 2.45) is 0 Å². The van der Waals surface area contributed by atoms with Crippen molar-refractivity contribution in [2.75, 3.05) is 11.9 Å². The topological polar surface area (TPSA) is 41.1 Å². The molecule has 0 aromatic heterocycles. The van der Waals surface area contributed by atoms with Crippen LogP contribution in [0.3, 0.4) is 0 Å². The van der Waals surface area contributed by atoms with Gasteiger partial charge >= 0.3 is 6.03 Å². The molecule has 76 valence electrons. The summed E-state index contributed by atoms with van der Waals surface area (Å²) in [5.41, 5.74) is 0.598. The molecule has 2 N–H and O–H groups in total. The van der Waals surface area contributed by atoms with E-state index >= 15 is 0 Å². The van der Waals surface area contributed by atoms with E-state index in [9.17, 15) is 4.79 Å². The van der Waals surface area contributed by atoms with Crippen molar-refractivity contribution in [2.45, 2.75) is 6.92 Å². The maximum absolute atomic E-state index is 11.2. The van der Waals surface area contributed by atoms with Gasteiger partial charge in [-0.15, -0.1) is 0 Å². The molecular formula is C9H10BrClN2O. The van der Waals surface area contributed by atoms with Crippen molar-refractivity contribution in [1.29, 1.82) is 0 Å². The Morgan fingerprint density at radius 1 is 1.57 bits per heavy atom. The number of anilines is 1. The minimum Gasteiger partial charge on any atom is -0.338 e. The molecule has 0 saturated carbocycles. The Bertz CT molecular complexity index is 344. The van der Waals surface area contributed by atoms with Crippen LogP contribution in [0.15, 0.2) is 22.7 Å². The minimum atomic E-state index is -0.253. The fourth-order valence-electron chi connectivity index (χ4n) is 0.918. The number of urea groups is 1. The van der Waals surface area contributed by atoms with Gasteiger partial charge in [0.25, 0.3) is 0 Å². The van der Waals surface area contributed by atoms with E-state index in [1.807, 2.05) is 13.0 Å². The molecule has 1 aromatic carbocycles. The summed E-state index contributed by atoms with van der Waals surface area (Å²) in [6.07, 6.45) is 0. The van der Waals surface area contributed by atoms with Gasteiger partial charge in [0.1, 0.15) is 0 Å². The smallest absolute Gasteiger partial charge is 0.319 e. The van der Waals surface area contributed by atoms with Crippen molar-refractivity contribution in [3.05, 3.63) is 27.7 Å². The van der Waals surface area contributed by atoms with Gasteiger partial charge in [-0.2, -0.15) is 0 Å². The van der Waals surface area contributed by atoms with E-state index in [0.717, 1.165) is 4.47 Å². The number of benzene rings is 1. The third-order valence-electron chi connectivity index (χ3n) is 1.52. The molecule has 0 radical (unpaired) electrons. The average Bonchev–Trinajstić information content (AvgIpc) is 2.10. The largest absolute Gasteiger partial charge is 0.338 e. The molecule has 5 heteroatoms. The Hall–Kier alpha value is -0.740. The summed E-state index contributed by atoms with van der Waals surface area (Å²) in [6.45, 7) is 2.43. The van der Waals surface area contributed by atoms with Crippen molar-refractivity contribution < 1.29 is 4.79 Å². The third kappa shape index (κ3) is 3.20. The van der Waals surface area contributed by atoms with Crippen molar-refractivity contribution in [3.8, 4) is 0 Å². The average molecular weight is 278 g/mol. The molecule has 0 aliphatic rings. The van der Waals surface area contributed by atoms with E-state index in [-0.39, 0.29) is 6.03 Å². The number of nitrogens with one attached hydrogen (secondary N) is 2. The number of rotatable bonds is 2. The highest BCUT2D eigenvalue weighted by atomic mass is 79.9. The van der Waals surface area contributed by atoms with Crippen LogP contribution >= 0.6 is 27.5 Å². The van der Waals surface area contributed by atoms with E-state index in [1.54, 1.807) is 12.1 Å². The zero-order valence-electron chi connectivity index (χ0n) is 7.60. The van der Waals surface area contributed by atoms with E-state index < -0.39 is 0 Å². The summed E-state index contributed by atoms with van der Waals surface area (Å²) in [7, 11) is 0. The normalized spacial score (nSPS) is 9.64. The predicted octanol–water partition coefficient (Wildman–Crippen LogP) is 3.24. The first-order valence-corrected chi connectivity index (χ1v) is 5.30. The predicted molar refractivity (Wildman–Crippen MR) is 61.8 cm³/mol. The molecule has 0 spiro atoms. The quantitative estimate of drug-likeness (QED) is 0.856. The third-order valence-corrected chi connectivity index (χ3v) is 2.32. The van der Waals surface area contributed by atoms with Crippen LogP contribution in [0.4, 0.5) is 10.5 Å². The molecule has 1 rings (SSSR count). The Morgan fingerprint density at radius 3 is 2.86 bits per heavy atom. The second kappa shape index (κ2) is 5.22. The molecule has 0 fully saturated rings. The summed E-state index contributed by atoms with van der Waals surface area (Å²) in [5, 5.41) is 5.76. The van der Waals surface area contributed by atoms with Gasteiger partial charge in [-0.25, -0.2) is 4.79 Å². The lowest BCUT2D eigenvalue weighted by atomic mass is 10.3. The number of halogens is 2. The maximum atomic E-state index is 11.2. The number of carbonyl (C=O) groups excluding carboxylic acids is 1. The van der Waals surface area contributed by atoms with Gasteiger partial charge in [-0.1, -0.05) is 27.5 Å². The first kappa shape index (κ1) is 11.3. The highest BCUT2D eigenvalue weighted by molar-refractivity contribution is 9.10. The van der Waals surface area contributed by atoms with Crippen LogP contribution in [0.1, 0.15) is 6.92 Å². The lowest BCUT2D eigenvalue weighted by Crippen LogP contribution is -2.28. The van der Waals surface area contributed by atoms with Crippen LogP contribution in [0.5, 0.6) is 0 Å². The van der Waals surface area contributed by atoms with E-state index in [0.29, 0.717) is 17.3 Å². The first-order chi connectivity index (χ1) is 6.63. The summed E-state index contributed by atoms with van der Waals surface area (Å²) >= 11 is 9.18. The zero-order valence-corrected chi connectivity index (χ0v) is 9.95. The van der Waals surface area contributed by atoms with Gasteiger partial charge < -0.3 is 10.6 Å². The Morgan fingerprint density at radius 2 is 2.29 bits per heavy atom. The van der Waals surface area contributed by atoms with Gasteiger partial charge in [-0.3, -0.25) is 0 Å². The van der Waals surface area contributed by atoms with Gasteiger partial charge in [0, 0.05) is 11.0 Å². The fraction of sp³-hybridized carbons (Fsp3) is 0.222. The van der Waals surface area contributed by atoms with Crippen molar-refractivity contribution in [1.82, 2.24) is 5.32 Å². The zero-order chi connectivity index (χ0) is 10.6. The van der Waals surface area contributed by atoms with Crippen LogP contribution in [0.25, 0.3) is 0 Å². The Balaban J connectivity index is 2.72. The maximum Gasteiger partial charge on any atom is 0.319 e. The number of hydrogen-bond acceptors (Lipinski definition) is 1. The fourth-order valence-corrected chi connectivity index (χ4v) is 1.64. The Kier molecular flexibility index (Phi) is 4.22. The molecule has 0 saturated heterocycles. The van der Waals surface area contributed by atoms with Gasteiger partial charge in [0.15, 0.2) is 0 Å². The second-order valence-corrected chi connectivity index (χ2v) is 3.93. The summed E-state index contributed by atoms with van der Waals surface area (Å²) in [4.78, 5) is 11.2. The van der Waals surface area contributed by atoms with Gasteiger partial charge in [0.2, 0.25) is 0 Å². The molecule has 1 aromatic rings. The lowest BCUT2D eigenvalue weighted by Gasteiger charge is -2.07. The molecule has 14 heavy (non-hydrogen) atoms. The molecular weight excluding hydrogens is 267 g/mol.